The standard InChI is InChI=1S/C15H22F3N5O2/c1-11(2)23(10-15(16,17)18)14(25)9-21-4-5-22(13(24)8-21)12-6-19-20(3)7-12/h6-7,11H,4-5,8-10H2,1-3H3. The van der Waals surface area contributed by atoms with Crippen molar-refractivity contribution >= 4 is 17.5 Å². The number of rotatable bonds is 5. The molecule has 1 aliphatic heterocycles. The maximum atomic E-state index is 12.6. The molecule has 0 aliphatic carbocycles. The topological polar surface area (TPSA) is 61.7 Å². The molecular weight excluding hydrogens is 339 g/mol. The zero-order valence-corrected chi connectivity index (χ0v) is 14.5. The molecule has 2 heterocycles. The molecule has 0 atom stereocenters. The van der Waals surface area contributed by atoms with Crippen molar-refractivity contribution in [3.63, 3.8) is 0 Å². The molecule has 10 heteroatoms. The number of nitrogens with zero attached hydrogens (tertiary/aromatic N) is 5. The van der Waals surface area contributed by atoms with Crippen LogP contribution < -0.4 is 4.90 Å². The number of alkyl halides is 3. The molecule has 25 heavy (non-hydrogen) atoms. The van der Waals surface area contributed by atoms with Crippen LogP contribution in [-0.4, -0.2) is 76.3 Å². The van der Waals surface area contributed by atoms with E-state index in [4.69, 9.17) is 0 Å². The van der Waals surface area contributed by atoms with Gasteiger partial charge in [0.25, 0.3) is 0 Å². The van der Waals surface area contributed by atoms with E-state index in [0.717, 1.165) is 4.90 Å². The second-order valence-corrected chi connectivity index (χ2v) is 6.36. The molecule has 140 valence electrons. The Morgan fingerprint density at radius 1 is 1.36 bits per heavy atom. The summed E-state index contributed by atoms with van der Waals surface area (Å²) in [6.07, 6.45) is -1.17. The third-order valence-corrected chi connectivity index (χ3v) is 3.95. The number of amides is 2. The molecule has 0 radical (unpaired) electrons. The Morgan fingerprint density at radius 2 is 2.04 bits per heavy atom. The third kappa shape index (κ3) is 5.18. The summed E-state index contributed by atoms with van der Waals surface area (Å²) < 4.78 is 39.5. The van der Waals surface area contributed by atoms with E-state index in [2.05, 4.69) is 5.10 Å². The second kappa shape index (κ2) is 7.42. The lowest BCUT2D eigenvalue weighted by molar-refractivity contribution is -0.165. The van der Waals surface area contributed by atoms with Gasteiger partial charge in [0.1, 0.15) is 6.54 Å². The predicted octanol–water partition coefficient (Wildman–Crippen LogP) is 0.868. The van der Waals surface area contributed by atoms with E-state index < -0.39 is 24.7 Å². The van der Waals surface area contributed by atoms with E-state index in [-0.39, 0.29) is 19.0 Å². The van der Waals surface area contributed by atoms with Crippen LogP contribution in [0.3, 0.4) is 0 Å². The summed E-state index contributed by atoms with van der Waals surface area (Å²) in [5, 5.41) is 4.01. The Balaban J connectivity index is 1.95. The van der Waals surface area contributed by atoms with Gasteiger partial charge in [-0.2, -0.15) is 18.3 Å². The molecule has 0 N–H and O–H groups in total. The van der Waals surface area contributed by atoms with Crippen LogP contribution >= 0.6 is 0 Å². The summed E-state index contributed by atoms with van der Waals surface area (Å²) in [4.78, 5) is 28.4. The van der Waals surface area contributed by atoms with Gasteiger partial charge in [0.05, 0.1) is 25.0 Å². The molecule has 0 bridgehead atoms. The molecule has 1 saturated heterocycles. The minimum atomic E-state index is -4.45. The normalized spacial score (nSPS) is 16.6. The lowest BCUT2D eigenvalue weighted by Gasteiger charge is -2.35. The van der Waals surface area contributed by atoms with E-state index in [1.54, 1.807) is 33.9 Å². The number of aromatic nitrogens is 2. The summed E-state index contributed by atoms with van der Waals surface area (Å²) >= 11 is 0. The van der Waals surface area contributed by atoms with Crippen LogP contribution in [0.2, 0.25) is 0 Å². The van der Waals surface area contributed by atoms with Crippen LogP contribution in [0, 0.1) is 0 Å². The van der Waals surface area contributed by atoms with E-state index in [1.807, 2.05) is 0 Å². The molecule has 1 fully saturated rings. The number of carbonyl (C=O) groups excluding carboxylic acids is 2. The second-order valence-electron chi connectivity index (χ2n) is 6.36. The fourth-order valence-corrected chi connectivity index (χ4v) is 2.71. The first-order chi connectivity index (χ1) is 11.6. The smallest absolute Gasteiger partial charge is 0.330 e. The van der Waals surface area contributed by atoms with Crippen molar-refractivity contribution in [1.82, 2.24) is 19.6 Å². The van der Waals surface area contributed by atoms with Crippen molar-refractivity contribution < 1.29 is 22.8 Å². The largest absolute Gasteiger partial charge is 0.406 e. The van der Waals surface area contributed by atoms with Gasteiger partial charge in [0.2, 0.25) is 11.8 Å². The summed E-state index contributed by atoms with van der Waals surface area (Å²) in [7, 11) is 1.74. The Labute approximate surface area is 144 Å². The van der Waals surface area contributed by atoms with Crippen molar-refractivity contribution in [2.45, 2.75) is 26.1 Å². The molecule has 0 aromatic carbocycles. The monoisotopic (exact) mass is 361 g/mol. The highest BCUT2D eigenvalue weighted by atomic mass is 19.4. The Kier molecular flexibility index (Phi) is 5.71. The fraction of sp³-hybridized carbons (Fsp3) is 0.667. The van der Waals surface area contributed by atoms with Crippen LogP contribution in [0.4, 0.5) is 18.9 Å². The molecular formula is C15H22F3N5O2. The summed E-state index contributed by atoms with van der Waals surface area (Å²) in [5.41, 5.74) is 0.666. The first kappa shape index (κ1) is 19.2. The summed E-state index contributed by atoms with van der Waals surface area (Å²) in [6.45, 7) is 2.33. The summed E-state index contributed by atoms with van der Waals surface area (Å²) in [6, 6.07) is -0.568. The molecule has 7 nitrogen and oxygen atoms in total. The van der Waals surface area contributed by atoms with E-state index in [1.165, 1.54) is 13.8 Å². The number of aryl methyl sites for hydroxylation is 1. The van der Waals surface area contributed by atoms with E-state index >= 15 is 0 Å². The minimum absolute atomic E-state index is 0.0153. The van der Waals surface area contributed by atoms with Crippen LogP contribution in [-0.2, 0) is 16.6 Å². The highest BCUT2D eigenvalue weighted by Gasteiger charge is 2.35. The van der Waals surface area contributed by atoms with Gasteiger partial charge in [-0.1, -0.05) is 0 Å². The lowest BCUT2D eigenvalue weighted by Crippen LogP contribution is -2.54. The number of hydrogen-bond acceptors (Lipinski definition) is 4. The molecule has 0 spiro atoms. The maximum Gasteiger partial charge on any atom is 0.406 e. The van der Waals surface area contributed by atoms with Gasteiger partial charge >= 0.3 is 6.18 Å². The SMILES string of the molecule is CC(C)N(CC(F)(F)F)C(=O)CN1CCN(c2cnn(C)c2)C(=O)C1. The van der Waals surface area contributed by atoms with Gasteiger partial charge in [0.15, 0.2) is 0 Å². The van der Waals surface area contributed by atoms with Crippen LogP contribution in [0.15, 0.2) is 12.4 Å². The quantitative estimate of drug-likeness (QED) is 0.781. The first-order valence-corrected chi connectivity index (χ1v) is 7.94. The van der Waals surface area contributed by atoms with Crippen molar-refractivity contribution in [3.8, 4) is 0 Å². The average molecular weight is 361 g/mol. The fourth-order valence-electron chi connectivity index (χ4n) is 2.71. The molecule has 0 unspecified atom stereocenters. The number of halogens is 3. The number of anilines is 1. The van der Waals surface area contributed by atoms with Crippen molar-refractivity contribution in [3.05, 3.63) is 12.4 Å². The van der Waals surface area contributed by atoms with Crippen molar-refractivity contribution in [2.24, 2.45) is 7.05 Å². The predicted molar refractivity (Wildman–Crippen MR) is 84.9 cm³/mol. The Morgan fingerprint density at radius 3 is 2.52 bits per heavy atom. The lowest BCUT2D eigenvalue weighted by atomic mass is 10.2. The Hall–Kier alpha value is -2.10. The minimum Gasteiger partial charge on any atom is -0.330 e. The van der Waals surface area contributed by atoms with Gasteiger partial charge in [-0.15, -0.1) is 0 Å². The molecule has 0 saturated carbocycles. The van der Waals surface area contributed by atoms with Crippen molar-refractivity contribution in [1.29, 1.82) is 0 Å². The average Bonchev–Trinajstić information content (AvgIpc) is 2.90. The summed E-state index contributed by atoms with van der Waals surface area (Å²) in [5.74, 6) is -0.839. The molecule has 2 rings (SSSR count). The van der Waals surface area contributed by atoms with Gasteiger partial charge < -0.3 is 9.80 Å². The third-order valence-electron chi connectivity index (χ3n) is 3.95. The zero-order chi connectivity index (χ0) is 18.8. The first-order valence-electron chi connectivity index (χ1n) is 7.94. The van der Waals surface area contributed by atoms with E-state index in [0.29, 0.717) is 18.8 Å². The van der Waals surface area contributed by atoms with Crippen molar-refractivity contribution in [2.75, 3.05) is 37.6 Å². The number of hydrogen-bond donors (Lipinski definition) is 0. The number of carbonyl (C=O) groups is 2. The molecule has 2 amide bonds. The van der Waals surface area contributed by atoms with Crippen LogP contribution in [0.25, 0.3) is 0 Å². The number of piperazine rings is 1. The molecule has 1 aromatic heterocycles. The van der Waals surface area contributed by atoms with Crippen LogP contribution in [0.5, 0.6) is 0 Å². The highest BCUT2D eigenvalue weighted by molar-refractivity contribution is 5.95. The van der Waals surface area contributed by atoms with Gasteiger partial charge in [0, 0.05) is 32.4 Å². The van der Waals surface area contributed by atoms with Crippen LogP contribution in [0.1, 0.15) is 13.8 Å². The zero-order valence-electron chi connectivity index (χ0n) is 14.5. The molecule has 1 aliphatic rings. The van der Waals surface area contributed by atoms with Gasteiger partial charge in [-0.3, -0.25) is 19.2 Å². The van der Waals surface area contributed by atoms with Gasteiger partial charge in [-0.25, -0.2) is 0 Å². The molecule has 1 aromatic rings. The maximum absolute atomic E-state index is 12.6. The highest BCUT2D eigenvalue weighted by Crippen LogP contribution is 2.19. The van der Waals surface area contributed by atoms with E-state index in [9.17, 15) is 22.8 Å². The Bertz CT molecular complexity index is 629. The van der Waals surface area contributed by atoms with Gasteiger partial charge in [-0.05, 0) is 13.8 Å².